The van der Waals surface area contributed by atoms with Gasteiger partial charge in [-0.15, -0.1) is 0 Å². The summed E-state index contributed by atoms with van der Waals surface area (Å²) in [6.07, 6.45) is 0. The van der Waals surface area contributed by atoms with E-state index in [0.29, 0.717) is 23.1 Å². The second kappa shape index (κ2) is 6.10. The van der Waals surface area contributed by atoms with E-state index in [0.717, 1.165) is 11.3 Å². The van der Waals surface area contributed by atoms with Gasteiger partial charge in [0.15, 0.2) is 0 Å². The molecule has 0 saturated heterocycles. The van der Waals surface area contributed by atoms with Gasteiger partial charge < -0.3 is 19.6 Å². The number of hydrogen-bond acceptors (Lipinski definition) is 4. The number of hydrogen-bond donors (Lipinski definition) is 1. The minimum Gasteiger partial charge on any atom is -0.496 e. The highest BCUT2D eigenvalue weighted by molar-refractivity contribution is 6.30. The van der Waals surface area contributed by atoms with Crippen molar-refractivity contribution in [2.24, 2.45) is 5.73 Å². The van der Waals surface area contributed by atoms with Crippen LogP contribution in [0, 0.1) is 0 Å². The number of furan rings is 1. The van der Waals surface area contributed by atoms with Crippen LogP contribution < -0.4 is 10.5 Å². The maximum Gasteiger partial charge on any atom is 0.129 e. The topological polar surface area (TPSA) is 57.6 Å². The molecule has 5 heteroatoms. The van der Waals surface area contributed by atoms with E-state index in [9.17, 15) is 0 Å². The molecule has 2 aromatic rings. The Bertz CT molecular complexity index is 553. The van der Waals surface area contributed by atoms with Crippen LogP contribution in [0.5, 0.6) is 5.75 Å². The van der Waals surface area contributed by atoms with E-state index in [4.69, 9.17) is 31.2 Å². The predicted octanol–water partition coefficient (Wildman–Crippen LogP) is 3.14. The van der Waals surface area contributed by atoms with Gasteiger partial charge in [-0.3, -0.25) is 0 Å². The van der Waals surface area contributed by atoms with Crippen LogP contribution in [0.2, 0.25) is 5.02 Å². The summed E-state index contributed by atoms with van der Waals surface area (Å²) in [7, 11) is 3.20. The first-order valence-electron chi connectivity index (χ1n) is 5.82. The molecule has 0 aliphatic heterocycles. The number of halogens is 1. The Hall–Kier alpha value is -1.49. The highest BCUT2D eigenvalue weighted by atomic mass is 35.5. The van der Waals surface area contributed by atoms with Crippen LogP contribution in [0.3, 0.4) is 0 Å². The monoisotopic (exact) mass is 281 g/mol. The summed E-state index contributed by atoms with van der Waals surface area (Å²) in [6.45, 7) is 0.421. The van der Waals surface area contributed by atoms with Gasteiger partial charge in [-0.05, 0) is 24.3 Å². The Labute approximate surface area is 117 Å². The van der Waals surface area contributed by atoms with E-state index in [2.05, 4.69) is 0 Å². The molecule has 1 atom stereocenters. The molecule has 102 valence electrons. The van der Waals surface area contributed by atoms with Crippen molar-refractivity contribution in [1.82, 2.24) is 0 Å². The zero-order valence-electron chi connectivity index (χ0n) is 10.9. The van der Waals surface area contributed by atoms with E-state index in [1.165, 1.54) is 0 Å². The van der Waals surface area contributed by atoms with Crippen molar-refractivity contribution >= 4 is 11.6 Å². The molecule has 0 amide bonds. The van der Waals surface area contributed by atoms with Crippen LogP contribution in [-0.2, 0) is 11.3 Å². The molecule has 2 N–H and O–H groups in total. The van der Waals surface area contributed by atoms with Gasteiger partial charge >= 0.3 is 0 Å². The Morgan fingerprint density at radius 1 is 1.26 bits per heavy atom. The van der Waals surface area contributed by atoms with Gasteiger partial charge in [-0.1, -0.05) is 17.7 Å². The molecule has 1 aromatic heterocycles. The fraction of sp³-hybridized carbons (Fsp3) is 0.286. The van der Waals surface area contributed by atoms with Crippen LogP contribution in [0.15, 0.2) is 34.7 Å². The van der Waals surface area contributed by atoms with Crippen molar-refractivity contribution in [1.29, 1.82) is 0 Å². The maximum absolute atomic E-state index is 6.19. The first kappa shape index (κ1) is 13.9. The van der Waals surface area contributed by atoms with Crippen molar-refractivity contribution < 1.29 is 13.9 Å². The first-order chi connectivity index (χ1) is 9.15. The van der Waals surface area contributed by atoms with Gasteiger partial charge in [-0.2, -0.15) is 0 Å². The van der Waals surface area contributed by atoms with Crippen LogP contribution >= 0.6 is 11.6 Å². The van der Waals surface area contributed by atoms with Crippen molar-refractivity contribution in [3.05, 3.63) is 52.4 Å². The summed E-state index contributed by atoms with van der Waals surface area (Å²) >= 11 is 5.93. The lowest BCUT2D eigenvalue weighted by molar-refractivity contribution is 0.162. The lowest BCUT2D eigenvalue weighted by atomic mass is 10.0. The second-order valence-electron chi connectivity index (χ2n) is 4.10. The van der Waals surface area contributed by atoms with Crippen molar-refractivity contribution in [2.45, 2.75) is 12.6 Å². The molecule has 2 rings (SSSR count). The molecule has 0 saturated carbocycles. The Morgan fingerprint density at radius 3 is 2.74 bits per heavy atom. The zero-order valence-corrected chi connectivity index (χ0v) is 11.6. The van der Waals surface area contributed by atoms with Crippen LogP contribution in [0.25, 0.3) is 0 Å². The highest BCUT2D eigenvalue weighted by Gasteiger charge is 2.17. The van der Waals surface area contributed by atoms with Gasteiger partial charge in [0.25, 0.3) is 0 Å². The summed E-state index contributed by atoms with van der Waals surface area (Å²) in [5.74, 6) is 2.04. The number of methoxy groups -OCH3 is 2. The van der Waals surface area contributed by atoms with E-state index in [-0.39, 0.29) is 0 Å². The Morgan fingerprint density at radius 2 is 2.05 bits per heavy atom. The normalized spacial score (nSPS) is 12.4. The van der Waals surface area contributed by atoms with Gasteiger partial charge in [0.2, 0.25) is 0 Å². The lowest BCUT2D eigenvalue weighted by Crippen LogP contribution is -2.12. The van der Waals surface area contributed by atoms with E-state index in [1.807, 2.05) is 18.2 Å². The Kier molecular flexibility index (Phi) is 4.47. The molecule has 0 aliphatic carbocycles. The Balaban J connectivity index is 2.29. The molecular formula is C14H16ClNO3. The largest absolute Gasteiger partial charge is 0.496 e. The van der Waals surface area contributed by atoms with Crippen molar-refractivity contribution in [2.75, 3.05) is 14.2 Å². The minimum atomic E-state index is -0.405. The standard InChI is InChI=1S/C14H16ClNO3/c1-17-8-10-4-6-12(19-10)14(16)11-5-3-9(15)7-13(11)18-2/h3-7,14H,8,16H2,1-2H3. The average Bonchev–Trinajstić information content (AvgIpc) is 2.87. The number of ether oxygens (including phenoxy) is 2. The molecule has 1 heterocycles. The fourth-order valence-corrected chi connectivity index (χ4v) is 2.04. The molecule has 0 bridgehead atoms. The molecule has 0 radical (unpaired) electrons. The van der Waals surface area contributed by atoms with Gasteiger partial charge in [0.1, 0.15) is 23.9 Å². The highest BCUT2D eigenvalue weighted by Crippen LogP contribution is 2.31. The number of benzene rings is 1. The smallest absolute Gasteiger partial charge is 0.129 e. The van der Waals surface area contributed by atoms with Crippen LogP contribution in [-0.4, -0.2) is 14.2 Å². The SMILES string of the molecule is COCc1ccc(C(N)c2ccc(Cl)cc2OC)o1. The lowest BCUT2D eigenvalue weighted by Gasteiger charge is -2.14. The molecule has 1 aromatic carbocycles. The third-order valence-electron chi connectivity index (χ3n) is 2.81. The van der Waals surface area contributed by atoms with Gasteiger partial charge in [0.05, 0.1) is 13.2 Å². The summed E-state index contributed by atoms with van der Waals surface area (Å²) in [5, 5.41) is 0.604. The van der Waals surface area contributed by atoms with E-state index in [1.54, 1.807) is 26.4 Å². The third kappa shape index (κ3) is 3.10. The summed E-state index contributed by atoms with van der Waals surface area (Å²) in [5.41, 5.74) is 7.02. The molecule has 1 unspecified atom stereocenters. The van der Waals surface area contributed by atoms with Gasteiger partial charge in [-0.25, -0.2) is 0 Å². The second-order valence-corrected chi connectivity index (χ2v) is 4.54. The van der Waals surface area contributed by atoms with Crippen LogP contribution in [0.1, 0.15) is 23.1 Å². The zero-order chi connectivity index (χ0) is 13.8. The molecule has 0 aliphatic rings. The van der Waals surface area contributed by atoms with Crippen molar-refractivity contribution in [3.8, 4) is 5.75 Å². The molecular weight excluding hydrogens is 266 g/mol. The summed E-state index contributed by atoms with van der Waals surface area (Å²) in [4.78, 5) is 0. The summed E-state index contributed by atoms with van der Waals surface area (Å²) in [6, 6.07) is 8.63. The maximum atomic E-state index is 6.19. The van der Waals surface area contributed by atoms with Crippen LogP contribution in [0.4, 0.5) is 0 Å². The fourth-order valence-electron chi connectivity index (χ4n) is 1.88. The molecule has 0 spiro atoms. The number of nitrogens with two attached hydrogens (primary N) is 1. The molecule has 0 fully saturated rings. The average molecular weight is 282 g/mol. The third-order valence-corrected chi connectivity index (χ3v) is 3.04. The summed E-state index contributed by atoms with van der Waals surface area (Å²) < 4.78 is 15.9. The van der Waals surface area contributed by atoms with E-state index < -0.39 is 6.04 Å². The van der Waals surface area contributed by atoms with Crippen molar-refractivity contribution in [3.63, 3.8) is 0 Å². The molecule has 4 nitrogen and oxygen atoms in total. The minimum absolute atomic E-state index is 0.405. The number of rotatable bonds is 5. The predicted molar refractivity (Wildman–Crippen MR) is 73.5 cm³/mol. The van der Waals surface area contributed by atoms with Gasteiger partial charge in [0, 0.05) is 17.7 Å². The molecule has 19 heavy (non-hydrogen) atoms. The quantitative estimate of drug-likeness (QED) is 0.915. The van der Waals surface area contributed by atoms with E-state index >= 15 is 0 Å². The first-order valence-corrected chi connectivity index (χ1v) is 6.20.